The van der Waals surface area contributed by atoms with Crippen molar-refractivity contribution in [2.45, 2.75) is 104 Å². The van der Waals surface area contributed by atoms with E-state index in [1.807, 2.05) is 53.7 Å². The fourth-order valence-electron chi connectivity index (χ4n) is 8.80. The lowest BCUT2D eigenvalue weighted by molar-refractivity contribution is -0.140. The molecule has 1 aromatic heterocycles. The van der Waals surface area contributed by atoms with Gasteiger partial charge >= 0.3 is 0 Å². The molecule has 2 saturated heterocycles. The standard InChI is InChI=1S/C52H60FN7O6/c1-51(2,3)30-41(61)57-45(32-15-9-7-10-16-32)49(65)59-27-13-19-39(59)47(63)54-35-23-21-34(22-24-35)44-43(53)37-29-36(25-26-38(37)56-44)55-48(64)40-20-14-28-60(40)50(66)46(33-17-11-8-12-18-33)58-42(62)31-52(4,5)6/h7-12,15-18,21-26,29,39-40,45-46,56H,13-14,19-20,27-28,30-31H2,1-6H3,(H,54,63)(H,55,64)(H,57,61)(H,58,62)/t39-,40-,45-,46-/m0/s1. The van der Waals surface area contributed by atoms with Crippen LogP contribution in [0.3, 0.4) is 0 Å². The number of aromatic nitrogens is 1. The van der Waals surface area contributed by atoms with Crippen LogP contribution in [0.2, 0.25) is 0 Å². The van der Waals surface area contributed by atoms with Crippen molar-refractivity contribution < 1.29 is 33.2 Å². The van der Waals surface area contributed by atoms with Gasteiger partial charge in [-0.1, -0.05) is 114 Å². The number of anilines is 2. The number of nitrogens with one attached hydrogen (secondary N) is 5. The number of aromatic amines is 1. The molecule has 3 heterocycles. The summed E-state index contributed by atoms with van der Waals surface area (Å²) < 4.78 is 16.2. The topological polar surface area (TPSA) is 173 Å². The van der Waals surface area contributed by atoms with Crippen LogP contribution >= 0.6 is 0 Å². The van der Waals surface area contributed by atoms with Crippen LogP contribution in [0.1, 0.15) is 103 Å². The van der Waals surface area contributed by atoms with E-state index < -0.39 is 35.9 Å². The van der Waals surface area contributed by atoms with E-state index in [0.717, 1.165) is 0 Å². The number of hydrogen-bond donors (Lipinski definition) is 5. The van der Waals surface area contributed by atoms with Crippen molar-refractivity contribution in [3.8, 4) is 11.3 Å². The van der Waals surface area contributed by atoms with Gasteiger partial charge in [0.25, 0.3) is 0 Å². The third kappa shape index (κ3) is 11.3. The lowest BCUT2D eigenvalue weighted by atomic mass is 9.91. The zero-order valence-corrected chi connectivity index (χ0v) is 38.5. The molecule has 0 aliphatic carbocycles. The first-order valence-corrected chi connectivity index (χ1v) is 22.7. The van der Waals surface area contributed by atoms with Gasteiger partial charge < -0.3 is 36.1 Å². The minimum absolute atomic E-state index is 0.215. The Labute approximate surface area is 385 Å². The minimum atomic E-state index is -0.963. The zero-order valence-electron chi connectivity index (χ0n) is 38.5. The van der Waals surface area contributed by atoms with E-state index in [4.69, 9.17) is 0 Å². The van der Waals surface area contributed by atoms with Crippen molar-refractivity contribution in [3.05, 3.63) is 120 Å². The van der Waals surface area contributed by atoms with Crippen LogP contribution in [-0.4, -0.2) is 75.4 Å². The molecule has 0 bridgehead atoms. The number of amides is 6. The monoisotopic (exact) mass is 897 g/mol. The fourth-order valence-corrected chi connectivity index (χ4v) is 8.80. The summed E-state index contributed by atoms with van der Waals surface area (Å²) >= 11 is 0. The highest BCUT2D eigenvalue weighted by Crippen LogP contribution is 2.33. The van der Waals surface area contributed by atoms with Gasteiger partial charge in [-0.05, 0) is 78.0 Å². The lowest BCUT2D eigenvalue weighted by Crippen LogP contribution is -2.49. The summed E-state index contributed by atoms with van der Waals surface area (Å²) in [5, 5.41) is 11.9. The van der Waals surface area contributed by atoms with E-state index in [9.17, 15) is 28.8 Å². The normalized spacial score (nSPS) is 17.3. The molecule has 0 radical (unpaired) electrons. The zero-order chi connectivity index (χ0) is 47.3. The number of likely N-dealkylation sites (tertiary alicyclic amines) is 2. The molecule has 0 unspecified atom stereocenters. The van der Waals surface area contributed by atoms with E-state index >= 15 is 4.39 Å². The van der Waals surface area contributed by atoms with Crippen LogP contribution < -0.4 is 21.3 Å². The van der Waals surface area contributed by atoms with Gasteiger partial charge in [0.1, 0.15) is 24.2 Å². The van der Waals surface area contributed by atoms with Gasteiger partial charge in [-0.3, -0.25) is 28.8 Å². The molecule has 346 valence electrons. The molecule has 0 saturated carbocycles. The molecule has 4 atom stereocenters. The highest BCUT2D eigenvalue weighted by Gasteiger charge is 2.40. The SMILES string of the molecule is CC(C)(C)CC(=O)N[C@H](C(=O)N1CCC[C@H]1C(=O)Nc1ccc(-c2[nH]c3ccc(NC(=O)[C@@H]4CCCN4C(=O)[C@@H](NC(=O)CC(C)(C)C)c4ccccc4)cc3c2F)cc1)c1ccccc1. The molecule has 14 heteroatoms. The van der Waals surface area contributed by atoms with Crippen LogP contribution in [0.25, 0.3) is 22.2 Å². The van der Waals surface area contributed by atoms with E-state index in [0.29, 0.717) is 72.4 Å². The van der Waals surface area contributed by atoms with Crippen molar-refractivity contribution in [1.29, 1.82) is 0 Å². The van der Waals surface area contributed by atoms with Gasteiger partial charge in [-0.25, -0.2) is 4.39 Å². The molecule has 5 N–H and O–H groups in total. The average Bonchev–Trinajstić information content (AvgIpc) is 4.04. The van der Waals surface area contributed by atoms with Gasteiger partial charge in [-0.15, -0.1) is 0 Å². The average molecular weight is 898 g/mol. The summed E-state index contributed by atoms with van der Waals surface area (Å²) in [5.74, 6) is -2.54. The second-order valence-corrected chi connectivity index (χ2v) is 19.8. The molecule has 2 aliphatic heterocycles. The Bertz CT molecular complexity index is 2580. The molecular weight excluding hydrogens is 838 g/mol. The van der Waals surface area contributed by atoms with Crippen LogP contribution in [-0.2, 0) is 28.8 Å². The van der Waals surface area contributed by atoms with Crippen LogP contribution in [0.5, 0.6) is 0 Å². The number of carbonyl (C=O) groups excluding carboxylic acids is 6. The molecule has 66 heavy (non-hydrogen) atoms. The Hall–Kier alpha value is -6.83. The number of rotatable bonds is 13. The Kier molecular flexibility index (Phi) is 14.1. The highest BCUT2D eigenvalue weighted by atomic mass is 19.1. The highest BCUT2D eigenvalue weighted by molar-refractivity contribution is 6.01. The molecule has 5 aromatic rings. The first-order chi connectivity index (χ1) is 31.3. The Morgan fingerprint density at radius 1 is 0.621 bits per heavy atom. The third-order valence-corrected chi connectivity index (χ3v) is 11.9. The molecule has 6 amide bonds. The maximum atomic E-state index is 16.2. The van der Waals surface area contributed by atoms with E-state index in [1.165, 1.54) is 9.80 Å². The predicted molar refractivity (Wildman–Crippen MR) is 253 cm³/mol. The van der Waals surface area contributed by atoms with Gasteiger partial charge in [0.15, 0.2) is 5.82 Å². The van der Waals surface area contributed by atoms with Gasteiger partial charge in [0, 0.05) is 53.8 Å². The second kappa shape index (κ2) is 19.7. The number of halogens is 1. The van der Waals surface area contributed by atoms with E-state index in [-0.39, 0.29) is 64.3 Å². The van der Waals surface area contributed by atoms with Crippen molar-refractivity contribution in [1.82, 2.24) is 25.4 Å². The molecule has 13 nitrogen and oxygen atoms in total. The quantitative estimate of drug-likeness (QED) is 0.0794. The van der Waals surface area contributed by atoms with Crippen LogP contribution in [0.15, 0.2) is 103 Å². The molecule has 0 spiro atoms. The number of benzene rings is 4. The molecule has 4 aromatic carbocycles. The van der Waals surface area contributed by atoms with Gasteiger partial charge in [-0.2, -0.15) is 0 Å². The smallest absolute Gasteiger partial charge is 0.250 e. The van der Waals surface area contributed by atoms with Crippen molar-refractivity contribution in [2.24, 2.45) is 10.8 Å². The lowest BCUT2D eigenvalue weighted by Gasteiger charge is -2.29. The summed E-state index contributed by atoms with van der Waals surface area (Å²) in [5.41, 5.74) is 2.74. The summed E-state index contributed by atoms with van der Waals surface area (Å²) in [6, 6.07) is 26.1. The van der Waals surface area contributed by atoms with Crippen molar-refractivity contribution in [2.75, 3.05) is 23.7 Å². The minimum Gasteiger partial charge on any atom is -0.352 e. The first kappa shape index (κ1) is 47.1. The van der Waals surface area contributed by atoms with Gasteiger partial charge in [0.2, 0.25) is 35.4 Å². The van der Waals surface area contributed by atoms with Crippen LogP contribution in [0.4, 0.5) is 15.8 Å². The van der Waals surface area contributed by atoms with Crippen molar-refractivity contribution >= 4 is 57.7 Å². The summed E-state index contributed by atoms with van der Waals surface area (Å²) in [6.07, 6.45) is 2.57. The maximum Gasteiger partial charge on any atom is 0.250 e. The van der Waals surface area contributed by atoms with Gasteiger partial charge in [0.05, 0.1) is 5.69 Å². The van der Waals surface area contributed by atoms with Crippen LogP contribution in [0, 0.1) is 16.6 Å². The summed E-state index contributed by atoms with van der Waals surface area (Å²) in [4.78, 5) is 87.9. The molecular formula is C52H60FN7O6. The fraction of sp³-hybridized carbons (Fsp3) is 0.385. The van der Waals surface area contributed by atoms with E-state index in [1.54, 1.807) is 91.0 Å². The summed E-state index contributed by atoms with van der Waals surface area (Å²) in [7, 11) is 0. The maximum absolute atomic E-state index is 16.2. The number of hydrogen-bond acceptors (Lipinski definition) is 6. The number of H-pyrrole nitrogens is 1. The number of fused-ring (bicyclic) bond motifs is 1. The number of nitrogens with zero attached hydrogens (tertiary/aromatic N) is 2. The number of carbonyl (C=O) groups is 6. The largest absolute Gasteiger partial charge is 0.352 e. The van der Waals surface area contributed by atoms with E-state index in [2.05, 4.69) is 26.3 Å². The first-order valence-electron chi connectivity index (χ1n) is 22.7. The predicted octanol–water partition coefficient (Wildman–Crippen LogP) is 8.42. The Balaban J connectivity index is 1.01. The molecule has 7 rings (SSSR count). The Morgan fingerprint density at radius 2 is 1.06 bits per heavy atom. The third-order valence-electron chi connectivity index (χ3n) is 11.9. The Morgan fingerprint density at radius 3 is 1.52 bits per heavy atom. The second-order valence-electron chi connectivity index (χ2n) is 19.8. The summed E-state index contributed by atoms with van der Waals surface area (Å²) in [6.45, 7) is 12.4. The molecule has 2 fully saturated rings. The molecule has 2 aliphatic rings. The van der Waals surface area contributed by atoms with Crippen molar-refractivity contribution in [3.63, 3.8) is 0 Å².